The summed E-state index contributed by atoms with van der Waals surface area (Å²) in [5.41, 5.74) is 3.67. The third-order valence-corrected chi connectivity index (χ3v) is 3.00. The first-order valence-corrected chi connectivity index (χ1v) is 6.15. The predicted octanol–water partition coefficient (Wildman–Crippen LogP) is 1.43. The van der Waals surface area contributed by atoms with Crippen molar-refractivity contribution in [2.24, 2.45) is 5.84 Å². The second kappa shape index (κ2) is 6.54. The quantitative estimate of drug-likeness (QED) is 0.632. The average Bonchev–Trinajstić information content (AvgIpc) is 2.56. The van der Waals surface area contributed by atoms with Gasteiger partial charge in [-0.3, -0.25) is 0 Å². The zero-order chi connectivity index (χ0) is 15.2. The Morgan fingerprint density at radius 1 is 1.14 bits per heavy atom. The average molecular weight is 285 g/mol. The minimum Gasteiger partial charge on any atom is -0.493 e. The molecule has 0 saturated carbocycles. The summed E-state index contributed by atoms with van der Waals surface area (Å²) in [5, 5.41) is 17.3. The fourth-order valence-electron chi connectivity index (χ4n) is 1.92. The van der Waals surface area contributed by atoms with Crippen molar-refractivity contribution in [3.63, 3.8) is 0 Å². The number of aromatic nitrogens is 2. The predicted molar refractivity (Wildman–Crippen MR) is 76.8 cm³/mol. The molecule has 0 bridgehead atoms. The van der Waals surface area contributed by atoms with Crippen molar-refractivity contribution in [2.45, 2.75) is 5.92 Å². The van der Waals surface area contributed by atoms with Gasteiger partial charge in [0.1, 0.15) is 5.92 Å². The molecule has 2 aromatic rings. The first-order valence-electron chi connectivity index (χ1n) is 6.15. The molecule has 0 amide bonds. The number of nitrogens with zero attached hydrogens (tertiary/aromatic N) is 3. The lowest BCUT2D eigenvalue weighted by Gasteiger charge is -2.12. The maximum absolute atomic E-state index is 9.42. The molecule has 1 aromatic carbocycles. The summed E-state index contributed by atoms with van der Waals surface area (Å²) < 4.78 is 10.4. The van der Waals surface area contributed by atoms with Crippen molar-refractivity contribution in [2.75, 3.05) is 19.6 Å². The van der Waals surface area contributed by atoms with Gasteiger partial charge in [0.15, 0.2) is 17.3 Å². The minimum absolute atomic E-state index is 0.433. The van der Waals surface area contributed by atoms with Gasteiger partial charge in [-0.15, -0.1) is 5.10 Å². The van der Waals surface area contributed by atoms with Gasteiger partial charge in [-0.1, -0.05) is 6.07 Å². The Morgan fingerprint density at radius 2 is 1.90 bits per heavy atom. The van der Waals surface area contributed by atoms with Crippen LogP contribution >= 0.6 is 0 Å². The number of nitrogens with two attached hydrogens (primary N) is 1. The van der Waals surface area contributed by atoms with Gasteiger partial charge in [-0.2, -0.15) is 10.4 Å². The van der Waals surface area contributed by atoms with Gasteiger partial charge in [0.2, 0.25) is 0 Å². The van der Waals surface area contributed by atoms with Crippen molar-refractivity contribution >= 4 is 5.82 Å². The van der Waals surface area contributed by atoms with Crippen LogP contribution in [0.5, 0.6) is 11.5 Å². The zero-order valence-electron chi connectivity index (χ0n) is 11.7. The molecule has 108 valence electrons. The second-order valence-corrected chi connectivity index (χ2v) is 4.16. The molecule has 21 heavy (non-hydrogen) atoms. The maximum Gasteiger partial charge on any atom is 0.162 e. The van der Waals surface area contributed by atoms with E-state index in [2.05, 4.69) is 21.7 Å². The van der Waals surface area contributed by atoms with Gasteiger partial charge in [0.05, 0.1) is 26.0 Å². The molecular formula is C14H15N5O2. The Morgan fingerprint density at radius 3 is 2.43 bits per heavy atom. The summed E-state index contributed by atoms with van der Waals surface area (Å²) in [5.74, 6) is 6.29. The van der Waals surface area contributed by atoms with Crippen LogP contribution in [0.1, 0.15) is 17.2 Å². The van der Waals surface area contributed by atoms with Crippen molar-refractivity contribution in [3.8, 4) is 17.6 Å². The van der Waals surface area contributed by atoms with E-state index in [4.69, 9.17) is 15.3 Å². The monoisotopic (exact) mass is 285 g/mol. The zero-order valence-corrected chi connectivity index (χ0v) is 11.7. The van der Waals surface area contributed by atoms with Crippen molar-refractivity contribution < 1.29 is 9.47 Å². The number of hydrazine groups is 1. The molecule has 7 nitrogen and oxygen atoms in total. The summed E-state index contributed by atoms with van der Waals surface area (Å²) in [6.07, 6.45) is 0. The Bertz CT molecular complexity index is 651. The topological polar surface area (TPSA) is 106 Å². The van der Waals surface area contributed by atoms with E-state index >= 15 is 0 Å². The number of hydrogen-bond acceptors (Lipinski definition) is 7. The molecule has 1 unspecified atom stereocenters. The standard InChI is InChI=1S/C14H15N5O2/c1-20-12-5-3-9(7-13(12)21-2)10(8-15)11-4-6-14(17-16)19-18-11/h3-7,10H,16H2,1-2H3,(H,17,19). The third kappa shape index (κ3) is 3.01. The van der Waals surface area contributed by atoms with Gasteiger partial charge in [0.25, 0.3) is 0 Å². The molecule has 1 heterocycles. The van der Waals surface area contributed by atoms with E-state index in [1.807, 2.05) is 0 Å². The molecule has 0 aliphatic heterocycles. The molecule has 0 spiro atoms. The molecule has 0 radical (unpaired) electrons. The van der Waals surface area contributed by atoms with Crippen LogP contribution in [-0.4, -0.2) is 24.4 Å². The largest absolute Gasteiger partial charge is 0.493 e. The van der Waals surface area contributed by atoms with E-state index in [0.29, 0.717) is 23.0 Å². The highest BCUT2D eigenvalue weighted by Gasteiger charge is 2.17. The molecule has 1 aromatic heterocycles. The van der Waals surface area contributed by atoms with E-state index in [1.54, 1.807) is 44.6 Å². The molecule has 0 aliphatic rings. The normalized spacial score (nSPS) is 11.3. The third-order valence-electron chi connectivity index (χ3n) is 3.00. The summed E-state index contributed by atoms with van der Waals surface area (Å²) in [7, 11) is 3.11. The molecule has 0 aliphatic carbocycles. The number of nitrogens with one attached hydrogen (secondary N) is 1. The fraction of sp³-hybridized carbons (Fsp3) is 0.214. The van der Waals surface area contributed by atoms with E-state index in [9.17, 15) is 5.26 Å². The van der Waals surface area contributed by atoms with Crippen LogP contribution in [0, 0.1) is 11.3 Å². The lowest BCUT2D eigenvalue weighted by atomic mass is 9.96. The van der Waals surface area contributed by atoms with Crippen LogP contribution in [0.3, 0.4) is 0 Å². The summed E-state index contributed by atoms with van der Waals surface area (Å²) in [4.78, 5) is 0. The van der Waals surface area contributed by atoms with E-state index in [0.717, 1.165) is 5.56 Å². The highest BCUT2D eigenvalue weighted by Crippen LogP contribution is 2.32. The van der Waals surface area contributed by atoms with Crippen LogP contribution in [-0.2, 0) is 0 Å². The summed E-state index contributed by atoms with van der Waals surface area (Å²) in [6.45, 7) is 0. The number of benzene rings is 1. The Hall–Kier alpha value is -2.85. The van der Waals surface area contributed by atoms with Gasteiger partial charge in [-0.05, 0) is 29.8 Å². The van der Waals surface area contributed by atoms with Crippen LogP contribution in [0.2, 0.25) is 0 Å². The molecule has 7 heteroatoms. The smallest absolute Gasteiger partial charge is 0.162 e. The number of anilines is 1. The number of ether oxygens (including phenoxy) is 2. The maximum atomic E-state index is 9.42. The van der Waals surface area contributed by atoms with Crippen LogP contribution < -0.4 is 20.7 Å². The van der Waals surface area contributed by atoms with E-state index < -0.39 is 5.92 Å². The first-order chi connectivity index (χ1) is 10.2. The summed E-state index contributed by atoms with van der Waals surface area (Å²) >= 11 is 0. The van der Waals surface area contributed by atoms with Crippen molar-refractivity contribution in [1.29, 1.82) is 5.26 Å². The Labute approximate surface area is 122 Å². The van der Waals surface area contributed by atoms with Crippen LogP contribution in [0.25, 0.3) is 0 Å². The first kappa shape index (κ1) is 14.6. The van der Waals surface area contributed by atoms with Gasteiger partial charge >= 0.3 is 0 Å². The molecule has 1 atom stereocenters. The lowest BCUT2D eigenvalue weighted by molar-refractivity contribution is 0.354. The number of hydrogen-bond donors (Lipinski definition) is 2. The lowest BCUT2D eigenvalue weighted by Crippen LogP contribution is -2.10. The van der Waals surface area contributed by atoms with E-state index in [-0.39, 0.29) is 0 Å². The summed E-state index contributed by atoms with van der Waals surface area (Å²) in [6, 6.07) is 10.9. The molecule has 2 rings (SSSR count). The van der Waals surface area contributed by atoms with Gasteiger partial charge in [0, 0.05) is 0 Å². The number of nitrogen functional groups attached to an aromatic ring is 1. The molecular weight excluding hydrogens is 270 g/mol. The van der Waals surface area contributed by atoms with Crippen LogP contribution in [0.15, 0.2) is 30.3 Å². The van der Waals surface area contributed by atoms with Gasteiger partial charge in [-0.25, -0.2) is 5.84 Å². The molecule has 3 N–H and O–H groups in total. The van der Waals surface area contributed by atoms with Crippen molar-refractivity contribution in [3.05, 3.63) is 41.6 Å². The van der Waals surface area contributed by atoms with Crippen LogP contribution in [0.4, 0.5) is 5.82 Å². The Kier molecular flexibility index (Phi) is 4.53. The number of nitriles is 1. The highest BCUT2D eigenvalue weighted by molar-refractivity contribution is 5.47. The van der Waals surface area contributed by atoms with Crippen molar-refractivity contribution in [1.82, 2.24) is 10.2 Å². The fourth-order valence-corrected chi connectivity index (χ4v) is 1.92. The Balaban J connectivity index is 2.39. The molecule has 0 saturated heterocycles. The SMILES string of the molecule is COc1ccc(C(C#N)c2ccc(NN)nn2)cc1OC. The second-order valence-electron chi connectivity index (χ2n) is 4.16. The highest BCUT2D eigenvalue weighted by atomic mass is 16.5. The number of rotatable bonds is 5. The van der Waals surface area contributed by atoms with E-state index in [1.165, 1.54) is 0 Å². The number of methoxy groups -OCH3 is 2. The van der Waals surface area contributed by atoms with Gasteiger partial charge < -0.3 is 14.9 Å². The molecule has 0 fully saturated rings. The minimum atomic E-state index is -0.552.